The molecule has 1 aromatic carbocycles. The average molecular weight is 671 g/mol. The third kappa shape index (κ3) is 8.74. The Balaban J connectivity index is 0.00000420. The molecule has 0 bridgehead atoms. The van der Waals surface area contributed by atoms with Gasteiger partial charge in [0.2, 0.25) is 22.4 Å². The van der Waals surface area contributed by atoms with E-state index in [0.717, 1.165) is 4.90 Å². The Morgan fingerprint density at radius 2 is 1.71 bits per heavy atom. The van der Waals surface area contributed by atoms with Crippen molar-refractivity contribution in [2.45, 2.75) is 35.9 Å². The molecule has 23 heteroatoms. The summed E-state index contributed by atoms with van der Waals surface area (Å²) in [6.45, 7) is 2.76. The molecule has 1 saturated heterocycles. The van der Waals surface area contributed by atoms with Gasteiger partial charge in [-0.15, -0.1) is 0 Å². The minimum atomic E-state index is -5.40. The van der Waals surface area contributed by atoms with Crippen LogP contribution in [0.5, 0.6) is 0 Å². The fourth-order valence-corrected chi connectivity index (χ4v) is 5.53. The topological polar surface area (TPSA) is 274 Å². The Morgan fingerprint density at radius 3 is 2.17 bits per heavy atom. The molecule has 17 nitrogen and oxygen atoms in total. The number of hydrogen-bond donors (Lipinski definition) is 4. The molecule has 0 spiro atoms. The van der Waals surface area contributed by atoms with Gasteiger partial charge in [-0.1, -0.05) is 6.92 Å². The van der Waals surface area contributed by atoms with Crippen LogP contribution in [0.1, 0.15) is 13.8 Å². The first-order valence-corrected chi connectivity index (χ1v) is 14.2. The van der Waals surface area contributed by atoms with Gasteiger partial charge < -0.3 is 30.4 Å². The Morgan fingerprint density at radius 1 is 1.15 bits per heavy atom. The number of aliphatic hydroxyl groups excluding tert-OH is 1. The first-order valence-electron chi connectivity index (χ1n) is 10.6. The van der Waals surface area contributed by atoms with E-state index in [4.69, 9.17) is 28.6 Å². The molecule has 212 valence electrons. The molecule has 3 rings (SSSR count). The molecule has 0 aliphatic carbocycles. The number of piperidine rings is 1. The number of halogens is 2. The Bertz CT molecular complexity index is 1560. The zero-order valence-electron chi connectivity index (χ0n) is 21.7. The number of amides is 1. The predicted octanol–water partition coefficient (Wildman–Crippen LogP) is -5.70. The van der Waals surface area contributed by atoms with Gasteiger partial charge in [0, 0.05) is 12.5 Å². The van der Waals surface area contributed by atoms with Crippen molar-refractivity contribution in [3.63, 3.8) is 0 Å². The third-order valence-corrected chi connectivity index (χ3v) is 7.69. The number of rotatable bonds is 8. The van der Waals surface area contributed by atoms with E-state index in [0.29, 0.717) is 12.1 Å². The van der Waals surface area contributed by atoms with Crippen molar-refractivity contribution in [1.82, 2.24) is 19.9 Å². The first kappa shape index (κ1) is 38.0. The van der Waals surface area contributed by atoms with Crippen LogP contribution in [-0.2, 0) is 25.0 Å². The maximum absolute atomic E-state index is 12.5. The zero-order valence-corrected chi connectivity index (χ0v) is 28.8. The molecule has 1 amide bonds. The summed E-state index contributed by atoms with van der Waals surface area (Å²) in [6.07, 6.45) is -1.64. The van der Waals surface area contributed by atoms with Crippen LogP contribution in [0.25, 0.3) is 0 Å². The number of aliphatic hydroxyl groups is 1. The van der Waals surface area contributed by atoms with Crippen LogP contribution < -0.4 is 69.5 Å². The SMILES string of the molecule is CCN1C(=O)C(C(=N)[O-])C(C)C(N=Nc2cc(Nc3nc(Cl)nc(Cl)n3)c(S(=O)(=O)[O-])cc2S(=O)(=O)O)C1O.[Na+].[Na+]. The maximum atomic E-state index is 12.5. The monoisotopic (exact) mass is 670 g/mol. The quantitative estimate of drug-likeness (QED) is 0.0671. The fourth-order valence-electron chi connectivity index (χ4n) is 3.82. The molecular formula is C18H18Cl2N8Na2O9S2. The number of carbonyl (C=O) groups excluding carboxylic acids is 1. The van der Waals surface area contributed by atoms with Gasteiger partial charge >= 0.3 is 59.1 Å². The third-order valence-electron chi connectivity index (χ3n) is 5.60. The maximum Gasteiger partial charge on any atom is 1.00 e. The van der Waals surface area contributed by atoms with Crippen LogP contribution in [-0.4, -0.2) is 81.5 Å². The molecule has 1 aromatic heterocycles. The van der Waals surface area contributed by atoms with Gasteiger partial charge in [0.25, 0.3) is 10.1 Å². The molecule has 1 aliphatic rings. The predicted molar refractivity (Wildman–Crippen MR) is 129 cm³/mol. The van der Waals surface area contributed by atoms with Crippen molar-refractivity contribution >= 4 is 72.6 Å². The summed E-state index contributed by atoms with van der Waals surface area (Å²) in [5, 5.41) is 38.9. The number of carbonyl (C=O) groups is 1. The Kier molecular flexibility index (Phi) is 13.5. The van der Waals surface area contributed by atoms with Gasteiger partial charge in [0.05, 0.1) is 16.5 Å². The summed E-state index contributed by atoms with van der Waals surface area (Å²) in [5.41, 5.74) is -1.36. The molecule has 4 unspecified atom stereocenters. The number of nitrogens with zero attached hydrogens (tertiary/aromatic N) is 6. The smallest absolute Gasteiger partial charge is 0.862 e. The Labute approximate surface area is 287 Å². The van der Waals surface area contributed by atoms with Gasteiger partial charge in [-0.3, -0.25) is 9.35 Å². The van der Waals surface area contributed by atoms with Crippen molar-refractivity contribution in [3.8, 4) is 0 Å². The van der Waals surface area contributed by atoms with Crippen LogP contribution >= 0.6 is 23.2 Å². The summed E-state index contributed by atoms with van der Waals surface area (Å²) < 4.78 is 69.5. The zero-order chi connectivity index (χ0) is 29.4. The van der Waals surface area contributed by atoms with Crippen molar-refractivity contribution in [2.24, 2.45) is 22.1 Å². The second-order valence-corrected chi connectivity index (χ2v) is 11.4. The van der Waals surface area contributed by atoms with Crippen molar-refractivity contribution in [2.75, 3.05) is 11.9 Å². The number of hydrogen-bond acceptors (Lipinski definition) is 15. The van der Waals surface area contributed by atoms with Crippen molar-refractivity contribution < 1.29 is 100 Å². The summed E-state index contributed by atoms with van der Waals surface area (Å²) >= 11 is 11.4. The molecule has 2 aromatic rings. The number of likely N-dealkylation sites (N-methyl/N-ethyl adjacent to an activating group) is 1. The van der Waals surface area contributed by atoms with Crippen molar-refractivity contribution in [3.05, 3.63) is 22.7 Å². The van der Waals surface area contributed by atoms with Gasteiger partial charge in [0.1, 0.15) is 26.7 Å². The number of azo groups is 1. The summed E-state index contributed by atoms with van der Waals surface area (Å²) in [7, 11) is -10.6. The van der Waals surface area contributed by atoms with E-state index < -0.39 is 93.8 Å². The molecule has 4 N–H and O–H groups in total. The van der Waals surface area contributed by atoms with E-state index in [-0.39, 0.29) is 65.7 Å². The van der Waals surface area contributed by atoms with E-state index >= 15 is 0 Å². The molecule has 2 heterocycles. The Hall–Kier alpha value is -1.07. The number of anilines is 2. The standard InChI is InChI=1S/C18H20Cl2N8O9S2.2Na/c1-3-28-14(30)11(13(21)29)6(2)12(15(28)31)27-26-8-4-7(22-18-24-16(19)23-17(20)25-18)9(38(32,33)34)5-10(8)39(35,36)37;;/h4-6,11-12,15,31H,3H2,1-2H3,(H2,21,29)(H,32,33,34)(H,35,36,37)(H,22,23,24,25);;/q;2*+1/p-2. The van der Waals surface area contributed by atoms with E-state index in [1.165, 1.54) is 13.8 Å². The number of aromatic nitrogens is 3. The molecular weight excluding hydrogens is 653 g/mol. The second kappa shape index (κ2) is 14.6. The number of nitrogens with one attached hydrogen (secondary N) is 2. The van der Waals surface area contributed by atoms with Gasteiger partial charge in [-0.25, -0.2) is 8.42 Å². The minimum Gasteiger partial charge on any atom is -0.862 e. The van der Waals surface area contributed by atoms with Crippen LogP contribution in [0.3, 0.4) is 0 Å². The summed E-state index contributed by atoms with van der Waals surface area (Å²) in [6, 6.07) is -0.368. The average Bonchev–Trinajstić information content (AvgIpc) is 2.76. The van der Waals surface area contributed by atoms with Crippen LogP contribution in [0.15, 0.2) is 32.2 Å². The molecule has 4 atom stereocenters. The van der Waals surface area contributed by atoms with Gasteiger partial charge in [-0.05, 0) is 48.2 Å². The van der Waals surface area contributed by atoms with Crippen LogP contribution in [0.2, 0.25) is 10.6 Å². The first-order chi connectivity index (χ1) is 17.9. The molecule has 1 fully saturated rings. The minimum absolute atomic E-state index is 0. The molecule has 1 aliphatic heterocycles. The van der Waals surface area contributed by atoms with Crippen LogP contribution in [0, 0.1) is 17.2 Å². The second-order valence-electron chi connectivity index (χ2n) is 8.01. The normalized spacial score (nSPS) is 21.2. The van der Waals surface area contributed by atoms with E-state index in [1.807, 2.05) is 0 Å². The van der Waals surface area contributed by atoms with Gasteiger partial charge in [0.15, 0.2) is 6.23 Å². The number of likely N-dealkylation sites (tertiary alicyclic amines) is 1. The van der Waals surface area contributed by atoms with E-state index in [2.05, 4.69) is 30.5 Å². The molecule has 0 saturated carbocycles. The molecule has 0 radical (unpaired) electrons. The summed E-state index contributed by atoms with van der Waals surface area (Å²) in [4.78, 5) is 21.9. The largest absolute Gasteiger partial charge is 1.00 e. The fraction of sp³-hybridized carbons (Fsp3) is 0.389. The van der Waals surface area contributed by atoms with E-state index in [9.17, 15) is 40.9 Å². The number of benzene rings is 1. The van der Waals surface area contributed by atoms with Crippen molar-refractivity contribution in [1.29, 1.82) is 5.41 Å². The summed E-state index contributed by atoms with van der Waals surface area (Å²) in [5.74, 6) is -5.11. The van der Waals surface area contributed by atoms with Crippen LogP contribution in [0.4, 0.5) is 17.3 Å². The van der Waals surface area contributed by atoms with Gasteiger partial charge in [-0.2, -0.15) is 33.6 Å². The molecule has 41 heavy (non-hydrogen) atoms. The van der Waals surface area contributed by atoms with E-state index in [1.54, 1.807) is 0 Å².